The molecule has 0 saturated carbocycles. The van der Waals surface area contributed by atoms with Gasteiger partial charge in [-0.15, -0.1) is 0 Å². The highest BCUT2D eigenvalue weighted by molar-refractivity contribution is 5.68. The van der Waals surface area contributed by atoms with Crippen LogP contribution in [0.1, 0.15) is 31.7 Å². The number of aryl methyl sites for hydroxylation is 1. The average molecular weight is 312 g/mol. The molecule has 0 amide bonds. The summed E-state index contributed by atoms with van der Waals surface area (Å²) in [5.74, 6) is 0.753. The first-order valence-electron chi connectivity index (χ1n) is 8.12. The zero-order valence-electron chi connectivity index (χ0n) is 13.9. The molecule has 2 rings (SSSR count). The minimum atomic E-state index is -0.117. The number of hydrogen-bond donors (Lipinski definition) is 0. The van der Waals surface area contributed by atoms with Crippen molar-refractivity contribution in [2.24, 2.45) is 0 Å². The number of ether oxygens (including phenoxy) is 2. The Morgan fingerprint density at radius 1 is 0.913 bits per heavy atom. The van der Waals surface area contributed by atoms with Crippen molar-refractivity contribution in [3.63, 3.8) is 0 Å². The van der Waals surface area contributed by atoms with Gasteiger partial charge in [0.1, 0.15) is 5.75 Å². The van der Waals surface area contributed by atoms with Crippen LogP contribution in [0.4, 0.5) is 0 Å². The zero-order valence-corrected chi connectivity index (χ0v) is 13.9. The Bertz CT molecular complexity index is 600. The van der Waals surface area contributed by atoms with Gasteiger partial charge in [-0.25, -0.2) is 0 Å². The predicted molar refractivity (Wildman–Crippen MR) is 92.6 cm³/mol. The number of benzene rings is 2. The molecule has 0 aliphatic rings. The minimum absolute atomic E-state index is 0.117. The Balaban J connectivity index is 1.81. The first-order valence-corrected chi connectivity index (χ1v) is 8.12. The van der Waals surface area contributed by atoms with Gasteiger partial charge in [-0.3, -0.25) is 4.79 Å². The number of methoxy groups -OCH3 is 1. The molecular weight excluding hydrogens is 288 g/mol. The van der Waals surface area contributed by atoms with Gasteiger partial charge in [-0.1, -0.05) is 43.3 Å². The molecule has 2 aromatic carbocycles. The van der Waals surface area contributed by atoms with Crippen molar-refractivity contribution in [3.8, 4) is 16.9 Å². The fourth-order valence-corrected chi connectivity index (χ4v) is 2.37. The Morgan fingerprint density at radius 2 is 1.52 bits per heavy atom. The second-order valence-electron chi connectivity index (χ2n) is 5.46. The number of rotatable bonds is 8. The summed E-state index contributed by atoms with van der Waals surface area (Å²) in [6.45, 7) is 2.34. The number of carbonyl (C=O) groups is 1. The van der Waals surface area contributed by atoms with E-state index in [2.05, 4.69) is 36.4 Å². The molecule has 0 saturated heterocycles. The molecule has 0 fully saturated rings. The highest BCUT2D eigenvalue weighted by Gasteiger charge is 2.01. The highest BCUT2D eigenvalue weighted by atomic mass is 16.5. The molecular formula is C20H24O3. The molecule has 2 aromatic rings. The van der Waals surface area contributed by atoms with Crippen molar-refractivity contribution >= 4 is 5.97 Å². The number of carbonyl (C=O) groups excluding carboxylic acids is 1. The molecule has 0 aromatic heterocycles. The third-order valence-electron chi connectivity index (χ3n) is 3.79. The predicted octanol–water partition coefficient (Wildman–Crippen LogP) is 4.64. The minimum Gasteiger partial charge on any atom is -0.497 e. The van der Waals surface area contributed by atoms with Crippen molar-refractivity contribution in [2.45, 2.75) is 32.6 Å². The summed E-state index contributed by atoms with van der Waals surface area (Å²) in [4.78, 5) is 11.0. The lowest BCUT2D eigenvalue weighted by atomic mass is 10.0. The Morgan fingerprint density at radius 3 is 2.09 bits per heavy atom. The molecule has 0 atom stereocenters. The van der Waals surface area contributed by atoms with Gasteiger partial charge in [-0.2, -0.15) is 0 Å². The number of hydrogen-bond acceptors (Lipinski definition) is 3. The van der Waals surface area contributed by atoms with E-state index in [0.29, 0.717) is 13.0 Å². The summed E-state index contributed by atoms with van der Waals surface area (Å²) >= 11 is 0. The van der Waals surface area contributed by atoms with E-state index in [4.69, 9.17) is 9.47 Å². The van der Waals surface area contributed by atoms with Gasteiger partial charge in [0.25, 0.3) is 0 Å². The monoisotopic (exact) mass is 312 g/mol. The van der Waals surface area contributed by atoms with Crippen molar-refractivity contribution < 1.29 is 14.3 Å². The molecule has 3 nitrogen and oxygen atoms in total. The second-order valence-corrected chi connectivity index (χ2v) is 5.46. The number of unbranched alkanes of at least 4 members (excludes halogenated alkanes) is 1. The fraction of sp³-hybridized carbons (Fsp3) is 0.350. The van der Waals surface area contributed by atoms with E-state index in [1.807, 2.05) is 19.1 Å². The topological polar surface area (TPSA) is 35.5 Å². The lowest BCUT2D eigenvalue weighted by Gasteiger charge is -2.06. The molecule has 0 unspecified atom stereocenters. The standard InChI is InChI=1S/C20H24O3/c1-3-20(21)23-15-5-4-6-16-7-9-17(10-8-16)18-11-13-19(22-2)14-12-18/h7-14H,3-6,15H2,1-2H3. The van der Waals surface area contributed by atoms with Gasteiger partial charge in [0.15, 0.2) is 0 Å². The van der Waals surface area contributed by atoms with Crippen LogP contribution in [0.5, 0.6) is 5.75 Å². The Labute approximate surface area is 138 Å². The lowest BCUT2D eigenvalue weighted by molar-refractivity contribution is -0.143. The van der Waals surface area contributed by atoms with Crippen LogP contribution in [-0.2, 0) is 16.0 Å². The van der Waals surface area contributed by atoms with Crippen molar-refractivity contribution in [1.29, 1.82) is 0 Å². The summed E-state index contributed by atoms with van der Waals surface area (Å²) in [7, 11) is 1.67. The largest absolute Gasteiger partial charge is 0.497 e. The lowest BCUT2D eigenvalue weighted by Crippen LogP contribution is -2.04. The van der Waals surface area contributed by atoms with Crippen LogP contribution < -0.4 is 4.74 Å². The van der Waals surface area contributed by atoms with Gasteiger partial charge in [0.2, 0.25) is 0 Å². The smallest absolute Gasteiger partial charge is 0.305 e. The molecule has 0 bridgehead atoms. The van der Waals surface area contributed by atoms with E-state index < -0.39 is 0 Å². The van der Waals surface area contributed by atoms with Gasteiger partial charge in [0, 0.05) is 6.42 Å². The first-order chi connectivity index (χ1) is 11.2. The third kappa shape index (κ3) is 5.44. The molecule has 23 heavy (non-hydrogen) atoms. The van der Waals surface area contributed by atoms with E-state index >= 15 is 0 Å². The molecule has 122 valence electrons. The zero-order chi connectivity index (χ0) is 16.5. The molecule has 0 heterocycles. The van der Waals surface area contributed by atoms with E-state index in [1.54, 1.807) is 7.11 Å². The molecule has 0 aliphatic carbocycles. The maximum Gasteiger partial charge on any atom is 0.305 e. The maximum absolute atomic E-state index is 11.0. The SMILES string of the molecule is CCC(=O)OCCCCc1ccc(-c2ccc(OC)cc2)cc1. The highest BCUT2D eigenvalue weighted by Crippen LogP contribution is 2.23. The summed E-state index contributed by atoms with van der Waals surface area (Å²) in [5, 5.41) is 0. The Kier molecular flexibility index (Phi) is 6.67. The molecule has 0 aliphatic heterocycles. The van der Waals surface area contributed by atoms with Crippen LogP contribution in [0.2, 0.25) is 0 Å². The van der Waals surface area contributed by atoms with Crippen LogP contribution >= 0.6 is 0 Å². The van der Waals surface area contributed by atoms with Gasteiger partial charge in [0.05, 0.1) is 13.7 Å². The van der Waals surface area contributed by atoms with Crippen molar-refractivity contribution in [3.05, 3.63) is 54.1 Å². The molecule has 0 spiro atoms. The van der Waals surface area contributed by atoms with E-state index in [0.717, 1.165) is 25.0 Å². The van der Waals surface area contributed by atoms with Crippen LogP contribution in [0.3, 0.4) is 0 Å². The van der Waals surface area contributed by atoms with E-state index in [9.17, 15) is 4.79 Å². The van der Waals surface area contributed by atoms with Crippen LogP contribution in [0.25, 0.3) is 11.1 Å². The van der Waals surface area contributed by atoms with Crippen LogP contribution in [-0.4, -0.2) is 19.7 Å². The fourth-order valence-electron chi connectivity index (χ4n) is 2.37. The van der Waals surface area contributed by atoms with Crippen molar-refractivity contribution in [1.82, 2.24) is 0 Å². The maximum atomic E-state index is 11.0. The van der Waals surface area contributed by atoms with Gasteiger partial charge >= 0.3 is 5.97 Å². The molecule has 0 N–H and O–H groups in total. The van der Waals surface area contributed by atoms with Crippen molar-refractivity contribution in [2.75, 3.05) is 13.7 Å². The van der Waals surface area contributed by atoms with Crippen LogP contribution in [0.15, 0.2) is 48.5 Å². The average Bonchev–Trinajstić information content (AvgIpc) is 2.62. The van der Waals surface area contributed by atoms with E-state index in [-0.39, 0.29) is 5.97 Å². The van der Waals surface area contributed by atoms with Crippen LogP contribution in [0, 0.1) is 0 Å². The third-order valence-corrected chi connectivity index (χ3v) is 3.79. The van der Waals surface area contributed by atoms with Gasteiger partial charge in [-0.05, 0) is 48.1 Å². The molecule has 3 heteroatoms. The quantitative estimate of drug-likeness (QED) is 0.526. The summed E-state index contributed by atoms with van der Waals surface area (Å²) in [5.41, 5.74) is 3.70. The first kappa shape index (κ1) is 17.1. The second kappa shape index (κ2) is 8.99. The summed E-state index contributed by atoms with van der Waals surface area (Å²) in [6.07, 6.45) is 3.39. The van der Waals surface area contributed by atoms with E-state index in [1.165, 1.54) is 16.7 Å². The van der Waals surface area contributed by atoms with Gasteiger partial charge < -0.3 is 9.47 Å². The molecule has 0 radical (unpaired) electrons. The Hall–Kier alpha value is -2.29. The summed E-state index contributed by atoms with van der Waals surface area (Å²) in [6, 6.07) is 16.7. The normalized spacial score (nSPS) is 10.3. The summed E-state index contributed by atoms with van der Waals surface area (Å²) < 4.78 is 10.3. The number of esters is 1.